The van der Waals surface area contributed by atoms with Crippen molar-refractivity contribution in [2.45, 2.75) is 59.0 Å². The summed E-state index contributed by atoms with van der Waals surface area (Å²) >= 11 is 0. The second-order valence-corrected chi connectivity index (χ2v) is 5.80. The van der Waals surface area contributed by atoms with E-state index in [0.717, 1.165) is 34.6 Å². The van der Waals surface area contributed by atoms with E-state index < -0.39 is 60.9 Å². The molecule has 0 aromatic carbocycles. The van der Waals surface area contributed by atoms with Gasteiger partial charge in [-0.15, -0.1) is 0 Å². The Morgan fingerprint density at radius 1 is 0.643 bits per heavy atom. The predicted molar refractivity (Wildman–Crippen MR) is 92.8 cm³/mol. The number of esters is 5. The Bertz CT molecular complexity index is 576. The van der Waals surface area contributed by atoms with E-state index in [-0.39, 0.29) is 6.54 Å². The van der Waals surface area contributed by atoms with Crippen LogP contribution in [0.15, 0.2) is 0 Å². The van der Waals surface area contributed by atoms with Gasteiger partial charge < -0.3 is 29.0 Å². The summed E-state index contributed by atoms with van der Waals surface area (Å²) in [6, 6.07) is 0. The van der Waals surface area contributed by atoms with Crippen molar-refractivity contribution >= 4 is 29.8 Å². The first kappa shape index (κ1) is 25.3. The van der Waals surface area contributed by atoms with Crippen LogP contribution in [0.5, 0.6) is 0 Å². The molecule has 11 nitrogen and oxygen atoms in total. The first-order chi connectivity index (χ1) is 13.0. The topological polar surface area (TPSA) is 144 Å². The lowest BCUT2D eigenvalue weighted by atomic mass is 10.0. The fraction of sp³-hybridized carbons (Fsp3) is 0.706. The standard InChI is InChI=1S/C17H27NO10/c1-9(19)24-8-15(26-11(3)21)17(28-13(5)23)16(27-12(4)22)14(7-18-6)25-10(2)20/h14-18H,7-8H2,1-6H3/t14-,15+,16+,17+/m0/s1. The molecule has 160 valence electrons. The average Bonchev–Trinajstić information content (AvgIpc) is 2.53. The summed E-state index contributed by atoms with van der Waals surface area (Å²) in [6.07, 6.45) is -5.17. The van der Waals surface area contributed by atoms with Gasteiger partial charge in [-0.1, -0.05) is 0 Å². The van der Waals surface area contributed by atoms with Crippen LogP contribution < -0.4 is 5.32 Å². The quantitative estimate of drug-likeness (QED) is 0.351. The molecule has 11 heteroatoms. The Kier molecular flexibility index (Phi) is 11.4. The number of carbonyl (C=O) groups is 5. The Labute approximate surface area is 163 Å². The maximum Gasteiger partial charge on any atom is 0.303 e. The van der Waals surface area contributed by atoms with Crippen molar-refractivity contribution in [3.8, 4) is 0 Å². The van der Waals surface area contributed by atoms with Gasteiger partial charge in [-0.2, -0.15) is 0 Å². The second kappa shape index (κ2) is 12.7. The number of nitrogens with one attached hydrogen (secondary N) is 1. The van der Waals surface area contributed by atoms with Gasteiger partial charge in [0.05, 0.1) is 0 Å². The summed E-state index contributed by atoms with van der Waals surface area (Å²) in [5.74, 6) is -3.65. The van der Waals surface area contributed by atoms with Crippen LogP contribution in [0, 0.1) is 0 Å². The number of ether oxygens (including phenoxy) is 5. The lowest BCUT2D eigenvalue weighted by Crippen LogP contribution is -2.55. The van der Waals surface area contributed by atoms with Crippen LogP contribution in [-0.4, -0.2) is 74.5 Å². The Morgan fingerprint density at radius 2 is 1.04 bits per heavy atom. The molecule has 0 heterocycles. The molecule has 0 radical (unpaired) electrons. The molecule has 0 aromatic heterocycles. The molecular weight excluding hydrogens is 378 g/mol. The fourth-order valence-corrected chi connectivity index (χ4v) is 2.34. The highest BCUT2D eigenvalue weighted by molar-refractivity contribution is 5.69. The predicted octanol–water partition coefficient (Wildman–Crippen LogP) is -0.504. The van der Waals surface area contributed by atoms with Gasteiger partial charge in [0.25, 0.3) is 0 Å². The van der Waals surface area contributed by atoms with Crippen molar-refractivity contribution in [2.75, 3.05) is 20.2 Å². The lowest BCUT2D eigenvalue weighted by molar-refractivity contribution is -0.202. The molecule has 0 aromatic rings. The van der Waals surface area contributed by atoms with E-state index in [2.05, 4.69) is 5.32 Å². The molecule has 0 saturated carbocycles. The van der Waals surface area contributed by atoms with Crippen molar-refractivity contribution in [1.29, 1.82) is 0 Å². The Morgan fingerprint density at radius 3 is 1.39 bits per heavy atom. The maximum atomic E-state index is 11.6. The highest BCUT2D eigenvalue weighted by atomic mass is 16.6. The molecule has 0 amide bonds. The molecule has 0 aliphatic rings. The normalized spacial score (nSPS) is 14.6. The van der Waals surface area contributed by atoms with Gasteiger partial charge in [-0.05, 0) is 7.05 Å². The summed E-state index contributed by atoms with van der Waals surface area (Å²) in [6.45, 7) is 5.13. The summed E-state index contributed by atoms with van der Waals surface area (Å²) < 4.78 is 25.6. The van der Waals surface area contributed by atoms with E-state index in [4.69, 9.17) is 23.7 Å². The van der Waals surface area contributed by atoms with Crippen molar-refractivity contribution in [1.82, 2.24) is 5.32 Å². The van der Waals surface area contributed by atoms with E-state index in [9.17, 15) is 24.0 Å². The van der Waals surface area contributed by atoms with Crippen LogP contribution in [-0.2, 0) is 47.7 Å². The minimum Gasteiger partial charge on any atom is -0.462 e. The average molecular weight is 405 g/mol. The number of rotatable bonds is 11. The molecule has 0 fully saturated rings. The van der Waals surface area contributed by atoms with E-state index in [1.807, 2.05) is 0 Å². The van der Waals surface area contributed by atoms with Gasteiger partial charge in [-0.25, -0.2) is 0 Å². The van der Waals surface area contributed by atoms with Crippen molar-refractivity contribution in [3.05, 3.63) is 0 Å². The highest BCUT2D eigenvalue weighted by Gasteiger charge is 2.43. The lowest BCUT2D eigenvalue weighted by Gasteiger charge is -2.35. The van der Waals surface area contributed by atoms with Gasteiger partial charge in [0.15, 0.2) is 24.4 Å². The highest BCUT2D eigenvalue weighted by Crippen LogP contribution is 2.20. The first-order valence-corrected chi connectivity index (χ1v) is 8.44. The van der Waals surface area contributed by atoms with Crippen molar-refractivity contribution in [2.24, 2.45) is 0 Å². The van der Waals surface area contributed by atoms with Crippen molar-refractivity contribution in [3.63, 3.8) is 0 Å². The molecule has 0 rings (SSSR count). The van der Waals surface area contributed by atoms with Crippen LogP contribution in [0.2, 0.25) is 0 Å². The van der Waals surface area contributed by atoms with E-state index in [1.54, 1.807) is 7.05 Å². The maximum absolute atomic E-state index is 11.6. The van der Waals surface area contributed by atoms with Gasteiger partial charge in [0, 0.05) is 41.2 Å². The van der Waals surface area contributed by atoms with E-state index in [0.29, 0.717) is 0 Å². The van der Waals surface area contributed by atoms with Crippen LogP contribution in [0.25, 0.3) is 0 Å². The van der Waals surface area contributed by atoms with Gasteiger partial charge >= 0.3 is 29.8 Å². The molecule has 0 spiro atoms. The first-order valence-electron chi connectivity index (χ1n) is 8.44. The van der Waals surface area contributed by atoms with Crippen LogP contribution in [0.3, 0.4) is 0 Å². The molecular formula is C17H27NO10. The molecule has 0 aliphatic heterocycles. The third kappa shape index (κ3) is 10.5. The third-order valence-electron chi connectivity index (χ3n) is 3.15. The zero-order valence-electron chi connectivity index (χ0n) is 16.8. The number of likely N-dealkylation sites (N-methyl/N-ethyl adjacent to an activating group) is 1. The van der Waals surface area contributed by atoms with E-state index in [1.165, 1.54) is 0 Å². The molecule has 4 atom stereocenters. The molecule has 1 N–H and O–H groups in total. The molecule has 0 saturated heterocycles. The van der Waals surface area contributed by atoms with Crippen LogP contribution in [0.1, 0.15) is 34.6 Å². The zero-order chi connectivity index (χ0) is 21.9. The van der Waals surface area contributed by atoms with Gasteiger partial charge in [0.1, 0.15) is 6.61 Å². The summed E-state index contributed by atoms with van der Waals surface area (Å²) in [5.41, 5.74) is 0. The Hall–Kier alpha value is -2.69. The SMILES string of the molecule is CNC[C@H](OC(C)=O)[C@@H](OC(C)=O)[C@H](OC(C)=O)[C@@H](COC(C)=O)OC(C)=O. The molecule has 0 aliphatic carbocycles. The minimum atomic E-state index is -1.41. The molecule has 28 heavy (non-hydrogen) atoms. The van der Waals surface area contributed by atoms with Gasteiger partial charge in [-0.3, -0.25) is 24.0 Å². The minimum absolute atomic E-state index is 0.0235. The smallest absolute Gasteiger partial charge is 0.303 e. The largest absolute Gasteiger partial charge is 0.462 e. The number of carbonyl (C=O) groups excluding carboxylic acids is 5. The Balaban J connectivity index is 6.06. The van der Waals surface area contributed by atoms with Crippen LogP contribution >= 0.6 is 0 Å². The molecule has 0 bridgehead atoms. The van der Waals surface area contributed by atoms with Gasteiger partial charge in [0.2, 0.25) is 0 Å². The fourth-order valence-electron chi connectivity index (χ4n) is 2.34. The van der Waals surface area contributed by atoms with E-state index >= 15 is 0 Å². The monoisotopic (exact) mass is 405 g/mol. The van der Waals surface area contributed by atoms with Crippen molar-refractivity contribution < 1.29 is 47.7 Å². The molecule has 0 unspecified atom stereocenters. The third-order valence-corrected chi connectivity index (χ3v) is 3.15. The summed E-state index contributed by atoms with van der Waals surface area (Å²) in [4.78, 5) is 57.4. The zero-order valence-corrected chi connectivity index (χ0v) is 16.8. The number of hydrogen-bond acceptors (Lipinski definition) is 11. The number of hydrogen-bond donors (Lipinski definition) is 1. The second-order valence-electron chi connectivity index (χ2n) is 5.80. The van der Waals surface area contributed by atoms with Crippen LogP contribution in [0.4, 0.5) is 0 Å². The summed E-state index contributed by atoms with van der Waals surface area (Å²) in [7, 11) is 1.56. The summed E-state index contributed by atoms with van der Waals surface area (Å²) in [5, 5.41) is 2.76.